The molecule has 1 unspecified atom stereocenters. The van der Waals surface area contributed by atoms with E-state index in [1.807, 2.05) is 0 Å². The Hall–Kier alpha value is -3.19. The molecule has 3 rings (SSSR count). The number of nitrogens with one attached hydrogen (secondary N) is 1. The number of fused-ring (bicyclic) bond motifs is 1. The van der Waals surface area contributed by atoms with Crippen molar-refractivity contribution in [2.24, 2.45) is 0 Å². The average molecular weight is 340 g/mol. The highest BCUT2D eigenvalue weighted by Gasteiger charge is 2.42. The lowest BCUT2D eigenvalue weighted by molar-refractivity contribution is -0.158. The van der Waals surface area contributed by atoms with E-state index in [1.165, 1.54) is 12.1 Å². The van der Waals surface area contributed by atoms with Gasteiger partial charge < -0.3 is 10.1 Å². The fourth-order valence-corrected chi connectivity index (χ4v) is 2.70. The fourth-order valence-electron chi connectivity index (χ4n) is 2.70. The zero-order chi connectivity index (χ0) is 18.0. The predicted octanol–water partition coefficient (Wildman–Crippen LogP) is 1.47. The Morgan fingerprint density at radius 2 is 1.84 bits per heavy atom. The molecule has 0 bridgehead atoms. The number of hydrogen-bond donors (Lipinski definition) is 2. The van der Waals surface area contributed by atoms with Crippen LogP contribution in [-0.2, 0) is 16.1 Å². The van der Waals surface area contributed by atoms with Crippen molar-refractivity contribution in [2.75, 3.05) is 7.11 Å². The number of rotatable bonds is 4. The highest BCUT2D eigenvalue weighted by atomic mass is 16.5. The van der Waals surface area contributed by atoms with Crippen molar-refractivity contribution in [1.82, 2.24) is 10.4 Å². The first-order valence-corrected chi connectivity index (χ1v) is 7.59. The van der Waals surface area contributed by atoms with Crippen LogP contribution in [-0.4, -0.2) is 35.1 Å². The zero-order valence-corrected chi connectivity index (χ0v) is 13.4. The van der Waals surface area contributed by atoms with Crippen molar-refractivity contribution in [3.63, 3.8) is 0 Å². The van der Waals surface area contributed by atoms with E-state index in [9.17, 15) is 19.6 Å². The Morgan fingerprint density at radius 1 is 1.16 bits per heavy atom. The molecule has 0 spiro atoms. The molecule has 25 heavy (non-hydrogen) atoms. The second-order valence-corrected chi connectivity index (χ2v) is 5.54. The minimum absolute atomic E-state index is 0.0000384. The number of hydroxylamine groups is 2. The van der Waals surface area contributed by atoms with Gasteiger partial charge in [0.1, 0.15) is 11.7 Å². The fraction of sp³-hybridized carbons (Fsp3) is 0.167. The van der Waals surface area contributed by atoms with Gasteiger partial charge in [0.05, 0.1) is 7.11 Å². The van der Waals surface area contributed by atoms with E-state index in [0.29, 0.717) is 5.75 Å². The summed E-state index contributed by atoms with van der Waals surface area (Å²) in [6.07, 6.45) is 0. The van der Waals surface area contributed by atoms with Crippen LogP contribution >= 0.6 is 0 Å². The van der Waals surface area contributed by atoms with E-state index in [4.69, 9.17) is 4.74 Å². The van der Waals surface area contributed by atoms with Crippen molar-refractivity contribution in [3.8, 4) is 5.75 Å². The first kappa shape index (κ1) is 16.7. The number of methoxy groups -OCH3 is 1. The number of nitrogens with zero attached hydrogens (tertiary/aromatic N) is 1. The van der Waals surface area contributed by atoms with E-state index < -0.39 is 23.6 Å². The largest absolute Gasteiger partial charge is 0.497 e. The van der Waals surface area contributed by atoms with Gasteiger partial charge in [-0.05, 0) is 29.3 Å². The summed E-state index contributed by atoms with van der Waals surface area (Å²) < 4.78 is 5.07. The molecule has 2 aromatic rings. The third kappa shape index (κ3) is 3.09. The first-order chi connectivity index (χ1) is 12.0. The second-order valence-electron chi connectivity index (χ2n) is 5.54. The molecule has 7 nitrogen and oxygen atoms in total. The number of imide groups is 1. The summed E-state index contributed by atoms with van der Waals surface area (Å²) in [6.45, 7) is 0.203. The highest BCUT2D eigenvalue weighted by molar-refractivity contribution is 6.18. The third-order valence-corrected chi connectivity index (χ3v) is 4.04. The standard InChI is InChI=1S/C18H16N2O5/c1-25-12-8-6-11(7-9-12)10-19-16(21)15-13-4-2-3-5-14(13)17(22)20(24)18(15)23/h2-9,15,24H,10H2,1H3,(H,19,21). The lowest BCUT2D eigenvalue weighted by atomic mass is 9.88. The van der Waals surface area contributed by atoms with Crippen molar-refractivity contribution >= 4 is 17.7 Å². The van der Waals surface area contributed by atoms with E-state index in [-0.39, 0.29) is 22.7 Å². The minimum atomic E-state index is -1.27. The summed E-state index contributed by atoms with van der Waals surface area (Å²) in [7, 11) is 1.56. The lowest BCUT2D eigenvalue weighted by Crippen LogP contribution is -2.47. The quantitative estimate of drug-likeness (QED) is 0.499. The van der Waals surface area contributed by atoms with Crippen molar-refractivity contribution in [2.45, 2.75) is 12.5 Å². The van der Waals surface area contributed by atoms with Crippen molar-refractivity contribution < 1.29 is 24.3 Å². The molecule has 1 atom stereocenters. The van der Waals surface area contributed by atoms with Crippen LogP contribution in [0.5, 0.6) is 5.75 Å². The Morgan fingerprint density at radius 3 is 2.52 bits per heavy atom. The Kier molecular flexibility index (Phi) is 4.49. The summed E-state index contributed by atoms with van der Waals surface area (Å²) in [5.41, 5.74) is 1.24. The van der Waals surface area contributed by atoms with E-state index in [0.717, 1.165) is 5.56 Å². The number of amides is 3. The monoisotopic (exact) mass is 340 g/mol. The molecule has 0 saturated carbocycles. The maximum atomic E-state index is 12.5. The molecule has 0 fully saturated rings. The second kappa shape index (κ2) is 6.74. The average Bonchev–Trinajstić information content (AvgIpc) is 2.65. The molecular weight excluding hydrogens is 324 g/mol. The van der Waals surface area contributed by atoms with Crippen molar-refractivity contribution in [1.29, 1.82) is 0 Å². The molecule has 3 amide bonds. The maximum absolute atomic E-state index is 12.5. The molecule has 0 aromatic heterocycles. The van der Waals surface area contributed by atoms with E-state index in [2.05, 4.69) is 5.32 Å². The number of ether oxygens (including phenoxy) is 1. The third-order valence-electron chi connectivity index (χ3n) is 4.04. The molecule has 7 heteroatoms. The number of benzene rings is 2. The Labute approximate surface area is 143 Å². The lowest BCUT2D eigenvalue weighted by Gasteiger charge is -2.27. The van der Waals surface area contributed by atoms with Gasteiger partial charge in [0.25, 0.3) is 11.8 Å². The molecule has 1 heterocycles. The number of carbonyl (C=O) groups excluding carboxylic acids is 3. The highest BCUT2D eigenvalue weighted by Crippen LogP contribution is 2.28. The molecule has 2 aromatic carbocycles. The van der Waals surface area contributed by atoms with Gasteiger partial charge in [-0.25, -0.2) is 0 Å². The Balaban J connectivity index is 1.79. The maximum Gasteiger partial charge on any atom is 0.284 e. The molecule has 1 aliphatic rings. The molecule has 1 aliphatic heterocycles. The van der Waals surface area contributed by atoms with Crippen LogP contribution < -0.4 is 10.1 Å². The Bertz CT molecular complexity index is 832. The van der Waals surface area contributed by atoms with Crippen LogP contribution in [0.2, 0.25) is 0 Å². The van der Waals surface area contributed by atoms with Gasteiger partial charge in [-0.1, -0.05) is 30.3 Å². The summed E-state index contributed by atoms with van der Waals surface area (Å²) in [6, 6.07) is 13.3. The SMILES string of the molecule is COc1ccc(CNC(=O)C2C(=O)N(O)C(=O)c3ccccc32)cc1. The van der Waals surface area contributed by atoms with Crippen LogP contribution in [0, 0.1) is 0 Å². The molecular formula is C18H16N2O5. The van der Waals surface area contributed by atoms with Gasteiger partial charge in [-0.2, -0.15) is 5.06 Å². The van der Waals surface area contributed by atoms with Crippen LogP contribution in [0.15, 0.2) is 48.5 Å². The predicted molar refractivity (Wildman–Crippen MR) is 87.0 cm³/mol. The topological polar surface area (TPSA) is 95.9 Å². The minimum Gasteiger partial charge on any atom is -0.497 e. The van der Waals surface area contributed by atoms with Gasteiger partial charge >= 0.3 is 0 Å². The van der Waals surface area contributed by atoms with Crippen molar-refractivity contribution in [3.05, 3.63) is 65.2 Å². The summed E-state index contributed by atoms with van der Waals surface area (Å²) in [5.74, 6) is -2.95. The van der Waals surface area contributed by atoms with Crippen LogP contribution in [0.25, 0.3) is 0 Å². The van der Waals surface area contributed by atoms with Gasteiger partial charge in [0.15, 0.2) is 0 Å². The van der Waals surface area contributed by atoms with E-state index in [1.54, 1.807) is 43.5 Å². The zero-order valence-electron chi connectivity index (χ0n) is 13.4. The van der Waals surface area contributed by atoms with E-state index >= 15 is 0 Å². The van der Waals surface area contributed by atoms with Crippen LogP contribution in [0.4, 0.5) is 0 Å². The normalized spacial score (nSPS) is 16.4. The molecule has 128 valence electrons. The van der Waals surface area contributed by atoms with Crippen LogP contribution in [0.3, 0.4) is 0 Å². The van der Waals surface area contributed by atoms with Gasteiger partial charge in [-0.3, -0.25) is 19.6 Å². The first-order valence-electron chi connectivity index (χ1n) is 7.59. The number of carbonyl (C=O) groups is 3. The summed E-state index contributed by atoms with van der Waals surface area (Å²) >= 11 is 0. The molecule has 0 saturated heterocycles. The van der Waals surface area contributed by atoms with Gasteiger partial charge in [0, 0.05) is 12.1 Å². The van der Waals surface area contributed by atoms with Gasteiger partial charge in [0.2, 0.25) is 5.91 Å². The smallest absolute Gasteiger partial charge is 0.284 e. The summed E-state index contributed by atoms with van der Waals surface area (Å²) in [4.78, 5) is 36.7. The van der Waals surface area contributed by atoms with Gasteiger partial charge in [-0.15, -0.1) is 0 Å². The molecule has 2 N–H and O–H groups in total. The molecule has 0 radical (unpaired) electrons. The summed E-state index contributed by atoms with van der Waals surface area (Å²) in [5, 5.41) is 12.4. The molecule has 0 aliphatic carbocycles. The number of hydrogen-bond acceptors (Lipinski definition) is 5. The van der Waals surface area contributed by atoms with Crippen LogP contribution in [0.1, 0.15) is 27.4 Å².